The quantitative estimate of drug-likeness (QED) is 0.405. The van der Waals surface area contributed by atoms with Gasteiger partial charge in [0.2, 0.25) is 5.90 Å². The van der Waals surface area contributed by atoms with Gasteiger partial charge in [-0.2, -0.15) is 0 Å². The molecule has 7 nitrogen and oxygen atoms in total. The van der Waals surface area contributed by atoms with Crippen molar-refractivity contribution < 1.29 is 4.84 Å². The van der Waals surface area contributed by atoms with Gasteiger partial charge in [-0.3, -0.25) is 14.4 Å². The van der Waals surface area contributed by atoms with Crippen LogP contribution in [0.4, 0.5) is 0 Å². The van der Waals surface area contributed by atoms with Crippen molar-refractivity contribution in [2.24, 2.45) is 17.2 Å². The first-order chi connectivity index (χ1) is 8.01. The zero-order valence-corrected chi connectivity index (χ0v) is 10.0. The van der Waals surface area contributed by atoms with E-state index in [2.05, 4.69) is 16.9 Å². The molecule has 0 saturated carbocycles. The SMILES string of the molecule is C=NOC(Cn1c(=O)c(C)cn(C)c1=O)=NC. The molecule has 1 heterocycles. The van der Waals surface area contributed by atoms with Crippen LogP contribution in [0, 0.1) is 6.92 Å². The van der Waals surface area contributed by atoms with Gasteiger partial charge in [-0.15, -0.1) is 0 Å². The highest BCUT2D eigenvalue weighted by atomic mass is 16.6. The zero-order chi connectivity index (χ0) is 13.0. The number of oxime groups is 1. The molecular weight excluding hydrogens is 224 g/mol. The van der Waals surface area contributed by atoms with Crippen molar-refractivity contribution >= 4 is 12.6 Å². The third-order valence-corrected chi connectivity index (χ3v) is 2.22. The molecule has 1 aromatic rings. The Labute approximate surface area is 97.7 Å². The summed E-state index contributed by atoms with van der Waals surface area (Å²) in [6.45, 7) is 4.71. The fraction of sp³-hybridized carbons (Fsp3) is 0.400. The molecule has 0 aliphatic carbocycles. The first-order valence-electron chi connectivity index (χ1n) is 4.87. The van der Waals surface area contributed by atoms with Crippen molar-refractivity contribution in [2.75, 3.05) is 7.05 Å². The maximum atomic E-state index is 11.8. The Hall–Kier alpha value is -2.18. The van der Waals surface area contributed by atoms with E-state index in [-0.39, 0.29) is 18.0 Å². The molecule has 1 rings (SSSR count). The molecular formula is C10H14N4O3. The minimum absolute atomic E-state index is 0.0668. The number of rotatable bonds is 3. The van der Waals surface area contributed by atoms with E-state index >= 15 is 0 Å². The standard InChI is InChI=1S/C10H14N4O3/c1-7-5-13(4)10(16)14(9(7)15)6-8(11-2)17-12-3/h5H,3,6H2,1-2,4H3. The molecule has 0 fully saturated rings. The molecule has 1 aromatic heterocycles. The monoisotopic (exact) mass is 238 g/mol. The van der Waals surface area contributed by atoms with Crippen molar-refractivity contribution in [1.82, 2.24) is 9.13 Å². The second kappa shape index (κ2) is 5.24. The number of aliphatic imine (C=N–C) groups is 1. The molecule has 0 N–H and O–H groups in total. The van der Waals surface area contributed by atoms with Crippen LogP contribution in [-0.2, 0) is 18.4 Å². The van der Waals surface area contributed by atoms with Gasteiger partial charge in [-0.25, -0.2) is 4.79 Å². The fourth-order valence-corrected chi connectivity index (χ4v) is 1.38. The third-order valence-electron chi connectivity index (χ3n) is 2.22. The number of hydrogen-bond acceptors (Lipinski definition) is 5. The van der Waals surface area contributed by atoms with E-state index in [0.717, 1.165) is 4.57 Å². The first-order valence-corrected chi connectivity index (χ1v) is 4.87. The Bertz CT molecular complexity index is 534. The van der Waals surface area contributed by atoms with E-state index in [9.17, 15) is 9.59 Å². The van der Waals surface area contributed by atoms with Gasteiger partial charge >= 0.3 is 5.69 Å². The summed E-state index contributed by atoms with van der Waals surface area (Å²) in [4.78, 5) is 32.1. The molecule has 0 aliphatic rings. The number of aromatic nitrogens is 2. The van der Waals surface area contributed by atoms with Crippen molar-refractivity contribution in [3.63, 3.8) is 0 Å². The molecule has 0 atom stereocenters. The topological polar surface area (TPSA) is 78.0 Å². The van der Waals surface area contributed by atoms with Crippen LogP contribution in [0.5, 0.6) is 0 Å². The molecule has 0 radical (unpaired) electrons. The first kappa shape index (κ1) is 12.9. The minimum atomic E-state index is -0.436. The van der Waals surface area contributed by atoms with Crippen molar-refractivity contribution in [2.45, 2.75) is 13.5 Å². The Morgan fingerprint density at radius 1 is 1.53 bits per heavy atom. The molecule has 92 valence electrons. The van der Waals surface area contributed by atoms with Crippen LogP contribution in [0.3, 0.4) is 0 Å². The van der Waals surface area contributed by atoms with Gasteiger partial charge in [0.05, 0.1) is 0 Å². The molecule has 0 aromatic carbocycles. The summed E-state index contributed by atoms with van der Waals surface area (Å²) < 4.78 is 2.36. The van der Waals surface area contributed by atoms with Crippen molar-refractivity contribution in [1.29, 1.82) is 0 Å². The average Bonchev–Trinajstić information content (AvgIpc) is 2.30. The molecule has 7 heteroatoms. The smallest absolute Gasteiger partial charge is 0.331 e. The van der Waals surface area contributed by atoms with Gasteiger partial charge < -0.3 is 9.40 Å². The second-order valence-corrected chi connectivity index (χ2v) is 3.43. The highest BCUT2D eigenvalue weighted by molar-refractivity contribution is 5.75. The van der Waals surface area contributed by atoms with Gasteiger partial charge in [-0.1, -0.05) is 5.16 Å². The lowest BCUT2D eigenvalue weighted by molar-refractivity contribution is 0.315. The van der Waals surface area contributed by atoms with Crippen molar-refractivity contribution in [3.8, 4) is 0 Å². The highest BCUT2D eigenvalue weighted by Gasteiger charge is 2.10. The minimum Gasteiger partial charge on any atom is -0.340 e. The van der Waals surface area contributed by atoms with Crippen LogP contribution < -0.4 is 11.2 Å². The summed E-state index contributed by atoms with van der Waals surface area (Å²) in [5.41, 5.74) is -0.342. The predicted molar refractivity (Wildman–Crippen MR) is 64.7 cm³/mol. The van der Waals surface area contributed by atoms with Gasteiger partial charge in [-0.05, 0) is 6.92 Å². The van der Waals surface area contributed by atoms with Gasteiger partial charge in [0.15, 0.2) is 0 Å². The van der Waals surface area contributed by atoms with Crippen LogP contribution in [0.15, 0.2) is 25.9 Å². The van der Waals surface area contributed by atoms with Gasteiger partial charge in [0, 0.05) is 32.6 Å². The predicted octanol–water partition coefficient (Wildman–Crippen LogP) is -0.484. The van der Waals surface area contributed by atoms with Crippen LogP contribution in [0.25, 0.3) is 0 Å². The lowest BCUT2D eigenvalue weighted by Gasteiger charge is -2.08. The molecule has 0 saturated heterocycles. The van der Waals surface area contributed by atoms with Crippen LogP contribution in [0.1, 0.15) is 5.56 Å². The van der Waals surface area contributed by atoms with Crippen molar-refractivity contribution in [3.05, 3.63) is 32.6 Å². The fourth-order valence-electron chi connectivity index (χ4n) is 1.38. The summed E-state index contributed by atoms with van der Waals surface area (Å²) in [7, 11) is 3.05. The number of hydrogen-bond donors (Lipinski definition) is 0. The van der Waals surface area contributed by atoms with Gasteiger partial charge in [0.25, 0.3) is 5.56 Å². The van der Waals surface area contributed by atoms with E-state index in [4.69, 9.17) is 4.84 Å². The number of aryl methyl sites for hydroxylation is 2. The van der Waals surface area contributed by atoms with Gasteiger partial charge in [0.1, 0.15) is 6.54 Å². The average molecular weight is 238 g/mol. The summed E-state index contributed by atoms with van der Waals surface area (Å²) in [5, 5.41) is 3.20. The largest absolute Gasteiger partial charge is 0.340 e. The maximum Gasteiger partial charge on any atom is 0.331 e. The molecule has 17 heavy (non-hydrogen) atoms. The van der Waals surface area contributed by atoms with E-state index in [1.54, 1.807) is 14.0 Å². The molecule has 0 unspecified atom stereocenters. The van der Waals surface area contributed by atoms with Crippen LogP contribution in [0.2, 0.25) is 0 Å². The third kappa shape index (κ3) is 2.68. The molecule has 0 bridgehead atoms. The lowest BCUT2D eigenvalue weighted by Crippen LogP contribution is -2.41. The Morgan fingerprint density at radius 2 is 2.18 bits per heavy atom. The Balaban J connectivity index is 3.28. The molecule has 0 amide bonds. The second-order valence-electron chi connectivity index (χ2n) is 3.43. The normalized spacial score (nSPS) is 11.4. The molecule has 0 aliphatic heterocycles. The van der Waals surface area contributed by atoms with E-state index < -0.39 is 5.69 Å². The Kier molecular flexibility index (Phi) is 3.97. The summed E-state index contributed by atoms with van der Waals surface area (Å²) in [6, 6.07) is 0. The zero-order valence-electron chi connectivity index (χ0n) is 10.0. The van der Waals surface area contributed by atoms with E-state index in [1.165, 1.54) is 17.8 Å². The lowest BCUT2D eigenvalue weighted by atomic mass is 10.4. The maximum absolute atomic E-state index is 11.8. The summed E-state index contributed by atoms with van der Waals surface area (Å²) in [6.07, 6.45) is 1.48. The van der Waals surface area contributed by atoms with Crippen LogP contribution in [-0.4, -0.2) is 28.8 Å². The Morgan fingerprint density at radius 3 is 2.71 bits per heavy atom. The highest BCUT2D eigenvalue weighted by Crippen LogP contribution is 1.88. The van der Waals surface area contributed by atoms with Crippen LogP contribution >= 0.6 is 0 Å². The number of nitrogens with zero attached hydrogens (tertiary/aromatic N) is 4. The van der Waals surface area contributed by atoms with E-state index in [0.29, 0.717) is 5.56 Å². The molecule has 0 spiro atoms. The van der Waals surface area contributed by atoms with E-state index in [1.807, 2.05) is 0 Å². The summed E-state index contributed by atoms with van der Waals surface area (Å²) in [5.74, 6) is 0.143. The summed E-state index contributed by atoms with van der Waals surface area (Å²) >= 11 is 0.